The van der Waals surface area contributed by atoms with Gasteiger partial charge in [0.1, 0.15) is 0 Å². The molecular formula is C13H18BrNO3. The van der Waals surface area contributed by atoms with E-state index in [9.17, 15) is 4.79 Å². The van der Waals surface area contributed by atoms with Crippen LogP contribution < -0.4 is 5.32 Å². The minimum Gasteiger partial charge on any atom is -0.394 e. The van der Waals surface area contributed by atoms with Gasteiger partial charge in [-0.1, -0.05) is 28.1 Å². The van der Waals surface area contributed by atoms with Crippen LogP contribution in [0.2, 0.25) is 0 Å². The summed E-state index contributed by atoms with van der Waals surface area (Å²) in [6, 6.07) is 7.76. The van der Waals surface area contributed by atoms with Gasteiger partial charge in [-0.05, 0) is 31.0 Å². The molecule has 0 atom stereocenters. The standard InChI is InChI=1S/C13H18BrNO3/c1-13(8-16,9-17)15-12(18)6-5-10-3-2-4-11(14)7-10/h2-4,7,16-17H,5-6,8-9H2,1H3,(H,15,18). The maximum Gasteiger partial charge on any atom is 0.220 e. The molecule has 3 N–H and O–H groups in total. The summed E-state index contributed by atoms with van der Waals surface area (Å²) in [7, 11) is 0. The molecule has 0 aliphatic heterocycles. The molecule has 0 fully saturated rings. The molecule has 0 aromatic heterocycles. The number of rotatable bonds is 6. The molecule has 1 aromatic rings. The third kappa shape index (κ3) is 4.76. The van der Waals surface area contributed by atoms with E-state index >= 15 is 0 Å². The van der Waals surface area contributed by atoms with Gasteiger partial charge in [-0.25, -0.2) is 0 Å². The molecule has 0 aliphatic carbocycles. The molecule has 0 unspecified atom stereocenters. The third-order valence-electron chi connectivity index (χ3n) is 2.67. The minimum atomic E-state index is -0.950. The van der Waals surface area contributed by atoms with Crippen LogP contribution >= 0.6 is 15.9 Å². The van der Waals surface area contributed by atoms with Crippen LogP contribution in [0.25, 0.3) is 0 Å². The van der Waals surface area contributed by atoms with Crippen molar-refractivity contribution < 1.29 is 15.0 Å². The van der Waals surface area contributed by atoms with Crippen LogP contribution in [-0.4, -0.2) is 34.9 Å². The lowest BCUT2D eigenvalue weighted by molar-refractivity contribution is -0.124. The Morgan fingerprint density at radius 2 is 2.06 bits per heavy atom. The maximum absolute atomic E-state index is 11.7. The Bertz CT molecular complexity index is 405. The highest BCUT2D eigenvalue weighted by Crippen LogP contribution is 2.13. The van der Waals surface area contributed by atoms with Gasteiger partial charge in [-0.2, -0.15) is 0 Å². The number of aliphatic hydroxyl groups excluding tert-OH is 2. The molecule has 0 heterocycles. The van der Waals surface area contributed by atoms with Crippen molar-refractivity contribution in [2.45, 2.75) is 25.3 Å². The fourth-order valence-electron chi connectivity index (χ4n) is 1.48. The molecule has 0 saturated heterocycles. The lowest BCUT2D eigenvalue weighted by Gasteiger charge is -2.26. The highest BCUT2D eigenvalue weighted by molar-refractivity contribution is 9.10. The SMILES string of the molecule is CC(CO)(CO)NC(=O)CCc1cccc(Br)c1. The Hall–Kier alpha value is -0.910. The van der Waals surface area contributed by atoms with E-state index in [1.807, 2.05) is 24.3 Å². The molecule has 4 nitrogen and oxygen atoms in total. The van der Waals surface area contributed by atoms with Gasteiger partial charge in [0.2, 0.25) is 5.91 Å². The summed E-state index contributed by atoms with van der Waals surface area (Å²) in [6.45, 7) is 1.03. The molecule has 1 rings (SSSR count). The first-order valence-electron chi connectivity index (χ1n) is 5.76. The van der Waals surface area contributed by atoms with Gasteiger partial charge in [-0.3, -0.25) is 4.79 Å². The Labute approximate surface area is 115 Å². The largest absolute Gasteiger partial charge is 0.394 e. The molecule has 0 saturated carbocycles. The topological polar surface area (TPSA) is 69.6 Å². The van der Waals surface area contributed by atoms with Crippen LogP contribution in [0, 0.1) is 0 Å². The molecule has 1 amide bonds. The molecule has 18 heavy (non-hydrogen) atoms. The highest BCUT2D eigenvalue weighted by atomic mass is 79.9. The first-order chi connectivity index (χ1) is 8.49. The van der Waals surface area contributed by atoms with Crippen LogP contribution in [-0.2, 0) is 11.2 Å². The second kappa shape index (κ2) is 6.87. The van der Waals surface area contributed by atoms with Crippen molar-refractivity contribution in [2.24, 2.45) is 0 Å². The Balaban J connectivity index is 2.47. The number of halogens is 1. The van der Waals surface area contributed by atoms with Crippen LogP contribution in [0.3, 0.4) is 0 Å². The lowest BCUT2D eigenvalue weighted by atomic mass is 10.0. The van der Waals surface area contributed by atoms with Crippen LogP contribution in [0.4, 0.5) is 0 Å². The van der Waals surface area contributed by atoms with Crippen molar-refractivity contribution in [1.29, 1.82) is 0 Å². The zero-order chi connectivity index (χ0) is 13.6. The molecule has 1 aromatic carbocycles. The van der Waals surface area contributed by atoms with Gasteiger partial charge in [0.15, 0.2) is 0 Å². The minimum absolute atomic E-state index is 0.180. The van der Waals surface area contributed by atoms with Crippen LogP contribution in [0.15, 0.2) is 28.7 Å². The third-order valence-corrected chi connectivity index (χ3v) is 3.16. The van der Waals surface area contributed by atoms with E-state index in [0.29, 0.717) is 12.8 Å². The van der Waals surface area contributed by atoms with Gasteiger partial charge >= 0.3 is 0 Å². The number of amides is 1. The van der Waals surface area contributed by atoms with Gasteiger partial charge < -0.3 is 15.5 Å². The normalized spacial score (nSPS) is 11.3. The first-order valence-corrected chi connectivity index (χ1v) is 6.55. The summed E-state index contributed by atoms with van der Waals surface area (Å²) in [5.74, 6) is -0.180. The average Bonchev–Trinajstić information content (AvgIpc) is 2.36. The molecular weight excluding hydrogens is 298 g/mol. The number of aliphatic hydroxyl groups is 2. The predicted octanol–water partition coefficient (Wildman–Crippen LogP) is 1.24. The summed E-state index contributed by atoms with van der Waals surface area (Å²) >= 11 is 3.37. The van der Waals surface area contributed by atoms with Gasteiger partial charge in [0.25, 0.3) is 0 Å². The van der Waals surface area contributed by atoms with E-state index < -0.39 is 5.54 Å². The second-order valence-electron chi connectivity index (χ2n) is 4.55. The number of aryl methyl sites for hydroxylation is 1. The van der Waals surface area contributed by atoms with Crippen LogP contribution in [0.1, 0.15) is 18.9 Å². The molecule has 0 bridgehead atoms. The molecule has 0 aliphatic rings. The average molecular weight is 316 g/mol. The number of carbonyl (C=O) groups is 1. The van der Waals surface area contributed by atoms with Crippen molar-refractivity contribution in [3.63, 3.8) is 0 Å². The Morgan fingerprint density at radius 1 is 1.39 bits per heavy atom. The van der Waals surface area contributed by atoms with Crippen molar-refractivity contribution in [1.82, 2.24) is 5.32 Å². The maximum atomic E-state index is 11.7. The number of benzene rings is 1. The zero-order valence-electron chi connectivity index (χ0n) is 10.3. The zero-order valence-corrected chi connectivity index (χ0v) is 11.9. The van der Waals surface area contributed by atoms with Gasteiger partial charge in [0.05, 0.1) is 18.8 Å². The number of nitrogens with one attached hydrogen (secondary N) is 1. The summed E-state index contributed by atoms with van der Waals surface area (Å²) in [6.07, 6.45) is 0.949. The fourth-order valence-corrected chi connectivity index (χ4v) is 1.93. The summed E-state index contributed by atoms with van der Waals surface area (Å²) in [5, 5.41) is 20.8. The number of hydrogen-bond acceptors (Lipinski definition) is 3. The van der Waals surface area contributed by atoms with E-state index in [-0.39, 0.29) is 19.1 Å². The summed E-state index contributed by atoms with van der Waals surface area (Å²) < 4.78 is 0.982. The lowest BCUT2D eigenvalue weighted by Crippen LogP contribution is -2.51. The van der Waals surface area contributed by atoms with E-state index in [4.69, 9.17) is 10.2 Å². The highest BCUT2D eigenvalue weighted by Gasteiger charge is 2.24. The fraction of sp³-hybridized carbons (Fsp3) is 0.462. The van der Waals surface area contributed by atoms with E-state index in [1.54, 1.807) is 6.92 Å². The van der Waals surface area contributed by atoms with E-state index in [0.717, 1.165) is 10.0 Å². The summed E-state index contributed by atoms with van der Waals surface area (Å²) in [5.41, 5.74) is 0.114. The predicted molar refractivity (Wildman–Crippen MR) is 73.2 cm³/mol. The molecule has 100 valence electrons. The van der Waals surface area contributed by atoms with Crippen molar-refractivity contribution >= 4 is 21.8 Å². The van der Waals surface area contributed by atoms with Crippen molar-refractivity contribution in [3.8, 4) is 0 Å². The molecule has 0 spiro atoms. The smallest absolute Gasteiger partial charge is 0.220 e. The van der Waals surface area contributed by atoms with E-state index in [1.165, 1.54) is 0 Å². The molecule has 0 radical (unpaired) electrons. The Morgan fingerprint density at radius 3 is 2.61 bits per heavy atom. The monoisotopic (exact) mass is 315 g/mol. The van der Waals surface area contributed by atoms with Crippen molar-refractivity contribution in [2.75, 3.05) is 13.2 Å². The van der Waals surface area contributed by atoms with Gasteiger partial charge in [-0.15, -0.1) is 0 Å². The molecule has 5 heteroatoms. The summed E-state index contributed by atoms with van der Waals surface area (Å²) in [4.78, 5) is 11.7. The Kier molecular flexibility index (Phi) is 5.78. The number of carbonyl (C=O) groups excluding carboxylic acids is 1. The van der Waals surface area contributed by atoms with E-state index in [2.05, 4.69) is 21.2 Å². The van der Waals surface area contributed by atoms with Crippen LogP contribution in [0.5, 0.6) is 0 Å². The van der Waals surface area contributed by atoms with Crippen molar-refractivity contribution in [3.05, 3.63) is 34.3 Å². The first kappa shape index (κ1) is 15.1. The number of hydrogen-bond donors (Lipinski definition) is 3. The quantitative estimate of drug-likeness (QED) is 0.740. The van der Waals surface area contributed by atoms with Gasteiger partial charge in [0, 0.05) is 10.9 Å². The second-order valence-corrected chi connectivity index (χ2v) is 5.47.